The molecule has 1 saturated carbocycles. The van der Waals surface area contributed by atoms with E-state index in [1.807, 2.05) is 11.8 Å². The van der Waals surface area contributed by atoms with Crippen molar-refractivity contribution in [3.8, 4) is 0 Å². The van der Waals surface area contributed by atoms with Gasteiger partial charge in [-0.25, -0.2) is 0 Å². The Kier molecular flexibility index (Phi) is 3.34. The van der Waals surface area contributed by atoms with Gasteiger partial charge in [0, 0.05) is 23.1 Å². The quantitative estimate of drug-likeness (QED) is 0.725. The molecule has 1 aliphatic heterocycles. The molecule has 3 nitrogen and oxygen atoms in total. The number of rotatable bonds is 4. The minimum absolute atomic E-state index is 0.164. The average molecular weight is 214 g/mol. The molecular formula is C10H18N2OS. The molecule has 1 aliphatic carbocycles. The summed E-state index contributed by atoms with van der Waals surface area (Å²) < 4.78 is 0. The molecule has 2 N–H and O–H groups in total. The van der Waals surface area contributed by atoms with Crippen molar-refractivity contribution in [1.82, 2.24) is 10.6 Å². The normalized spacial score (nSPS) is 31.8. The van der Waals surface area contributed by atoms with Crippen LogP contribution in [0.3, 0.4) is 0 Å². The number of thioether (sulfide) groups is 1. The zero-order chi connectivity index (χ0) is 9.97. The fraction of sp³-hybridized carbons (Fsp3) is 0.900. The van der Waals surface area contributed by atoms with Crippen molar-refractivity contribution in [3.63, 3.8) is 0 Å². The lowest BCUT2D eigenvalue weighted by Crippen LogP contribution is -2.40. The van der Waals surface area contributed by atoms with E-state index >= 15 is 0 Å². The molecule has 0 aromatic rings. The van der Waals surface area contributed by atoms with Gasteiger partial charge in [-0.15, -0.1) is 0 Å². The van der Waals surface area contributed by atoms with Crippen molar-refractivity contribution >= 4 is 17.7 Å². The smallest absolute Gasteiger partial charge is 0.234 e. The molecule has 2 rings (SSSR count). The molecule has 1 saturated heterocycles. The highest BCUT2D eigenvalue weighted by Gasteiger charge is 2.25. The zero-order valence-corrected chi connectivity index (χ0v) is 9.40. The standard InChI is InChI=1S/C10H18N2OS/c1-7-4-9(6-14-7)11-5-10(13)12-8-2-3-8/h7-9,11H,2-6H2,1H3,(H,12,13). The van der Waals surface area contributed by atoms with E-state index < -0.39 is 0 Å². The summed E-state index contributed by atoms with van der Waals surface area (Å²) in [6, 6.07) is 1.03. The minimum Gasteiger partial charge on any atom is -0.352 e. The van der Waals surface area contributed by atoms with E-state index in [2.05, 4.69) is 17.6 Å². The lowest BCUT2D eigenvalue weighted by atomic mass is 10.2. The molecule has 0 radical (unpaired) electrons. The van der Waals surface area contributed by atoms with Gasteiger partial charge in [-0.05, 0) is 19.3 Å². The number of amides is 1. The van der Waals surface area contributed by atoms with E-state index in [1.54, 1.807) is 0 Å². The third-order valence-corrected chi connectivity index (χ3v) is 4.05. The van der Waals surface area contributed by atoms with E-state index in [1.165, 1.54) is 19.3 Å². The van der Waals surface area contributed by atoms with Crippen molar-refractivity contribution in [2.45, 2.75) is 43.5 Å². The van der Waals surface area contributed by atoms with Crippen molar-refractivity contribution in [3.05, 3.63) is 0 Å². The lowest BCUT2D eigenvalue weighted by Gasteiger charge is -2.11. The fourth-order valence-electron chi connectivity index (χ4n) is 1.70. The molecule has 0 aromatic carbocycles. The molecule has 14 heavy (non-hydrogen) atoms. The van der Waals surface area contributed by atoms with Gasteiger partial charge in [-0.1, -0.05) is 6.92 Å². The maximum atomic E-state index is 11.4. The van der Waals surface area contributed by atoms with Gasteiger partial charge in [-0.3, -0.25) is 4.79 Å². The first-order valence-corrected chi connectivity index (χ1v) is 6.43. The van der Waals surface area contributed by atoms with Crippen molar-refractivity contribution in [2.75, 3.05) is 12.3 Å². The Hall–Kier alpha value is -0.220. The Bertz CT molecular complexity index is 218. The van der Waals surface area contributed by atoms with Crippen LogP contribution in [0.25, 0.3) is 0 Å². The van der Waals surface area contributed by atoms with Crippen LogP contribution in [-0.4, -0.2) is 35.5 Å². The topological polar surface area (TPSA) is 41.1 Å². The second kappa shape index (κ2) is 4.53. The Labute approximate surface area is 89.4 Å². The number of carbonyl (C=O) groups is 1. The molecule has 2 aliphatic rings. The van der Waals surface area contributed by atoms with Crippen LogP contribution in [-0.2, 0) is 4.79 Å². The molecule has 1 heterocycles. The molecule has 2 unspecified atom stereocenters. The number of hydrogen-bond donors (Lipinski definition) is 2. The van der Waals surface area contributed by atoms with E-state index in [4.69, 9.17) is 0 Å². The summed E-state index contributed by atoms with van der Waals surface area (Å²) in [6.45, 7) is 2.74. The molecular weight excluding hydrogens is 196 g/mol. The zero-order valence-electron chi connectivity index (χ0n) is 8.58. The van der Waals surface area contributed by atoms with Gasteiger partial charge in [-0.2, -0.15) is 11.8 Å². The van der Waals surface area contributed by atoms with Crippen LogP contribution in [0.2, 0.25) is 0 Å². The first kappa shape index (κ1) is 10.3. The monoisotopic (exact) mass is 214 g/mol. The summed E-state index contributed by atoms with van der Waals surface area (Å²) in [6.07, 6.45) is 3.53. The van der Waals surface area contributed by atoms with Crippen LogP contribution >= 0.6 is 11.8 Å². The first-order chi connectivity index (χ1) is 6.74. The Balaban J connectivity index is 1.59. The Morgan fingerprint density at radius 3 is 2.79 bits per heavy atom. The van der Waals surface area contributed by atoms with Crippen LogP contribution in [0.15, 0.2) is 0 Å². The van der Waals surface area contributed by atoms with Crippen molar-refractivity contribution in [2.24, 2.45) is 0 Å². The second-order valence-corrected chi connectivity index (χ2v) is 5.77. The van der Waals surface area contributed by atoms with Crippen molar-refractivity contribution in [1.29, 1.82) is 0 Å². The molecule has 0 spiro atoms. The number of carbonyl (C=O) groups excluding carboxylic acids is 1. The predicted octanol–water partition coefficient (Wildman–Crippen LogP) is 0.749. The van der Waals surface area contributed by atoms with Gasteiger partial charge < -0.3 is 10.6 Å². The Morgan fingerprint density at radius 2 is 2.21 bits per heavy atom. The van der Waals surface area contributed by atoms with Gasteiger partial charge in [0.05, 0.1) is 6.54 Å². The molecule has 1 amide bonds. The molecule has 2 fully saturated rings. The summed E-state index contributed by atoms with van der Waals surface area (Å²) in [5.41, 5.74) is 0. The highest BCUT2D eigenvalue weighted by Crippen LogP contribution is 2.25. The lowest BCUT2D eigenvalue weighted by molar-refractivity contribution is -0.120. The molecule has 0 aromatic heterocycles. The Morgan fingerprint density at radius 1 is 1.43 bits per heavy atom. The van der Waals surface area contributed by atoms with Crippen LogP contribution in [0, 0.1) is 0 Å². The van der Waals surface area contributed by atoms with E-state index in [0.717, 1.165) is 11.0 Å². The largest absolute Gasteiger partial charge is 0.352 e. The van der Waals surface area contributed by atoms with Gasteiger partial charge in [0.25, 0.3) is 0 Å². The van der Waals surface area contributed by atoms with E-state index in [-0.39, 0.29) is 5.91 Å². The summed E-state index contributed by atoms with van der Waals surface area (Å²) in [5, 5.41) is 7.04. The van der Waals surface area contributed by atoms with Crippen LogP contribution in [0.5, 0.6) is 0 Å². The average Bonchev–Trinajstić information content (AvgIpc) is 2.85. The van der Waals surface area contributed by atoms with Crippen LogP contribution in [0.4, 0.5) is 0 Å². The maximum absolute atomic E-state index is 11.4. The summed E-state index contributed by atoms with van der Waals surface area (Å²) in [4.78, 5) is 11.4. The molecule has 80 valence electrons. The minimum atomic E-state index is 0.164. The molecule has 0 bridgehead atoms. The maximum Gasteiger partial charge on any atom is 0.234 e. The SMILES string of the molecule is CC1CC(NCC(=O)NC2CC2)CS1. The second-order valence-electron chi connectivity index (χ2n) is 4.30. The number of hydrogen-bond acceptors (Lipinski definition) is 3. The van der Waals surface area contributed by atoms with Gasteiger partial charge in [0.2, 0.25) is 5.91 Å². The van der Waals surface area contributed by atoms with Gasteiger partial charge in [0.15, 0.2) is 0 Å². The predicted molar refractivity (Wildman–Crippen MR) is 59.5 cm³/mol. The highest BCUT2D eigenvalue weighted by atomic mass is 32.2. The van der Waals surface area contributed by atoms with E-state index in [0.29, 0.717) is 18.6 Å². The molecule has 4 heteroatoms. The van der Waals surface area contributed by atoms with E-state index in [9.17, 15) is 4.79 Å². The van der Waals surface area contributed by atoms with Gasteiger partial charge in [0.1, 0.15) is 0 Å². The van der Waals surface area contributed by atoms with Crippen molar-refractivity contribution < 1.29 is 4.79 Å². The van der Waals surface area contributed by atoms with Gasteiger partial charge >= 0.3 is 0 Å². The highest BCUT2D eigenvalue weighted by molar-refractivity contribution is 8.00. The summed E-state index contributed by atoms with van der Waals surface area (Å²) in [7, 11) is 0. The summed E-state index contributed by atoms with van der Waals surface area (Å²) >= 11 is 1.99. The number of nitrogens with one attached hydrogen (secondary N) is 2. The third-order valence-electron chi connectivity index (χ3n) is 2.69. The fourth-order valence-corrected chi connectivity index (χ4v) is 2.89. The van der Waals surface area contributed by atoms with Crippen LogP contribution < -0.4 is 10.6 Å². The third kappa shape index (κ3) is 3.17. The molecule has 2 atom stereocenters. The first-order valence-electron chi connectivity index (χ1n) is 5.38. The summed E-state index contributed by atoms with van der Waals surface area (Å²) in [5.74, 6) is 1.31. The van der Waals surface area contributed by atoms with Crippen LogP contribution in [0.1, 0.15) is 26.2 Å².